The molecule has 0 aromatic heterocycles. The lowest BCUT2D eigenvalue weighted by Gasteiger charge is -2.23. The molecule has 0 bridgehead atoms. The Balaban J connectivity index is 2.34. The number of piperidine rings is 1. The molecule has 7 heteroatoms. The van der Waals surface area contributed by atoms with E-state index in [0.29, 0.717) is 31.5 Å². The zero-order valence-electron chi connectivity index (χ0n) is 11.5. The highest BCUT2D eigenvalue weighted by Gasteiger charge is 2.30. The molecule has 1 heterocycles. The fourth-order valence-electron chi connectivity index (χ4n) is 2.37. The van der Waals surface area contributed by atoms with Crippen molar-refractivity contribution >= 4 is 21.8 Å². The van der Waals surface area contributed by atoms with Crippen molar-refractivity contribution in [2.24, 2.45) is 0 Å². The van der Waals surface area contributed by atoms with Crippen LogP contribution in [0.4, 0.5) is 0 Å². The molecule has 114 valence electrons. The van der Waals surface area contributed by atoms with E-state index in [1.54, 1.807) is 24.3 Å². The molecule has 0 unspecified atom stereocenters. The van der Waals surface area contributed by atoms with Gasteiger partial charge in [-0.15, -0.1) is 0 Å². The molecule has 0 atom stereocenters. The highest BCUT2D eigenvalue weighted by Crippen LogP contribution is 2.26. The first-order valence-electron chi connectivity index (χ1n) is 6.71. The van der Waals surface area contributed by atoms with Gasteiger partial charge in [-0.05, 0) is 43.6 Å². The molecule has 3 N–H and O–H groups in total. The van der Waals surface area contributed by atoms with Crippen molar-refractivity contribution < 1.29 is 18.4 Å². The fraction of sp³-hybridized carbons (Fsp3) is 0.357. The van der Waals surface area contributed by atoms with Crippen LogP contribution in [-0.2, 0) is 14.6 Å². The highest BCUT2D eigenvalue weighted by molar-refractivity contribution is 7.92. The van der Waals surface area contributed by atoms with Gasteiger partial charge in [0, 0.05) is 6.08 Å². The summed E-state index contributed by atoms with van der Waals surface area (Å²) in [5, 5.41) is 11.2. The minimum atomic E-state index is -3.43. The van der Waals surface area contributed by atoms with Crippen LogP contribution < -0.4 is 10.8 Å². The maximum Gasteiger partial charge on any atom is 0.267 e. The number of hydrogen-bond acceptors (Lipinski definition) is 5. The normalized spacial score (nSPS) is 17.0. The zero-order valence-corrected chi connectivity index (χ0v) is 12.3. The molecular formula is C14H18N2O4S. The third kappa shape index (κ3) is 3.69. The molecule has 1 saturated heterocycles. The smallest absolute Gasteiger partial charge is 0.267 e. The number of amides is 1. The van der Waals surface area contributed by atoms with Gasteiger partial charge in [0.2, 0.25) is 0 Å². The predicted octanol–water partition coefficient (Wildman–Crippen LogP) is 0.731. The van der Waals surface area contributed by atoms with E-state index in [-0.39, 0.29) is 4.90 Å². The molecule has 1 amide bonds. The summed E-state index contributed by atoms with van der Waals surface area (Å²) in [6.45, 7) is 1.38. The van der Waals surface area contributed by atoms with Crippen LogP contribution in [0.25, 0.3) is 6.08 Å². The van der Waals surface area contributed by atoms with Crippen molar-refractivity contribution in [2.75, 3.05) is 13.1 Å². The van der Waals surface area contributed by atoms with E-state index >= 15 is 0 Å². The third-order valence-corrected chi connectivity index (χ3v) is 5.81. The second-order valence-corrected chi connectivity index (χ2v) is 7.04. The Bertz CT molecular complexity index is 634. The van der Waals surface area contributed by atoms with Gasteiger partial charge < -0.3 is 5.32 Å². The Morgan fingerprint density at radius 2 is 1.95 bits per heavy atom. The standard InChI is InChI=1S/C14H18N2O4S/c17-14(16-18)6-5-11-3-1-2-4-13(11)21(19,20)12-7-9-15-10-8-12/h1-6,12,15,18H,7-10H2,(H,16,17)/b6-5+. The summed E-state index contributed by atoms with van der Waals surface area (Å²) in [6.07, 6.45) is 3.64. The predicted molar refractivity (Wildman–Crippen MR) is 78.5 cm³/mol. The number of sulfone groups is 1. The van der Waals surface area contributed by atoms with Gasteiger partial charge in [0.1, 0.15) is 0 Å². The second-order valence-electron chi connectivity index (χ2n) is 4.84. The molecule has 1 aromatic carbocycles. The first-order chi connectivity index (χ1) is 10.1. The molecule has 1 fully saturated rings. The summed E-state index contributed by atoms with van der Waals surface area (Å²) < 4.78 is 25.4. The molecule has 0 aliphatic carbocycles. The van der Waals surface area contributed by atoms with E-state index in [9.17, 15) is 13.2 Å². The molecule has 0 saturated carbocycles. The molecule has 0 spiro atoms. The van der Waals surface area contributed by atoms with Gasteiger partial charge in [-0.25, -0.2) is 13.9 Å². The Labute approximate surface area is 123 Å². The van der Waals surface area contributed by atoms with Crippen LogP contribution in [0.3, 0.4) is 0 Å². The van der Waals surface area contributed by atoms with E-state index < -0.39 is 21.0 Å². The van der Waals surface area contributed by atoms with Gasteiger partial charge in [0.15, 0.2) is 9.84 Å². The Hall–Kier alpha value is -1.70. The van der Waals surface area contributed by atoms with Crippen molar-refractivity contribution in [3.63, 3.8) is 0 Å². The van der Waals surface area contributed by atoms with Crippen LogP contribution in [0.15, 0.2) is 35.2 Å². The van der Waals surface area contributed by atoms with Crippen molar-refractivity contribution in [1.29, 1.82) is 0 Å². The molecule has 21 heavy (non-hydrogen) atoms. The lowest BCUT2D eigenvalue weighted by Crippen LogP contribution is -2.36. The van der Waals surface area contributed by atoms with Crippen molar-refractivity contribution in [1.82, 2.24) is 10.8 Å². The summed E-state index contributed by atoms with van der Waals surface area (Å²) in [7, 11) is -3.43. The quantitative estimate of drug-likeness (QED) is 0.433. The van der Waals surface area contributed by atoms with E-state index in [1.165, 1.54) is 11.6 Å². The minimum Gasteiger partial charge on any atom is -0.317 e. The average molecular weight is 310 g/mol. The van der Waals surface area contributed by atoms with Gasteiger partial charge in [-0.1, -0.05) is 18.2 Å². The monoisotopic (exact) mass is 310 g/mol. The van der Waals surface area contributed by atoms with Crippen LogP contribution in [0.5, 0.6) is 0 Å². The van der Waals surface area contributed by atoms with Gasteiger partial charge in [-0.2, -0.15) is 0 Å². The van der Waals surface area contributed by atoms with Crippen LogP contribution in [0, 0.1) is 0 Å². The van der Waals surface area contributed by atoms with Crippen LogP contribution in [-0.4, -0.2) is 37.9 Å². The van der Waals surface area contributed by atoms with Gasteiger partial charge in [0.05, 0.1) is 10.1 Å². The minimum absolute atomic E-state index is 0.221. The largest absolute Gasteiger partial charge is 0.317 e. The molecule has 1 aromatic rings. The average Bonchev–Trinajstić information content (AvgIpc) is 2.53. The summed E-state index contributed by atoms with van der Waals surface area (Å²) >= 11 is 0. The van der Waals surface area contributed by atoms with Crippen molar-refractivity contribution in [2.45, 2.75) is 23.0 Å². The Kier molecular flexibility index (Phi) is 5.11. The molecule has 6 nitrogen and oxygen atoms in total. The topological polar surface area (TPSA) is 95.5 Å². The SMILES string of the molecule is O=C(/C=C/c1ccccc1S(=O)(=O)C1CCNCC1)NO. The maximum atomic E-state index is 12.7. The fourth-order valence-corrected chi connectivity index (χ4v) is 4.31. The first kappa shape index (κ1) is 15.7. The van der Waals surface area contributed by atoms with Gasteiger partial charge in [-0.3, -0.25) is 10.0 Å². The number of hydroxylamine groups is 1. The summed E-state index contributed by atoms with van der Waals surface area (Å²) in [4.78, 5) is 11.3. The number of nitrogens with one attached hydrogen (secondary N) is 2. The lowest BCUT2D eigenvalue weighted by atomic mass is 10.2. The van der Waals surface area contributed by atoms with Crippen LogP contribution in [0.2, 0.25) is 0 Å². The molecule has 1 aliphatic rings. The second kappa shape index (κ2) is 6.84. The third-order valence-electron chi connectivity index (χ3n) is 3.48. The number of carbonyl (C=O) groups is 1. The molecule has 2 rings (SSSR count). The van der Waals surface area contributed by atoms with E-state index in [4.69, 9.17) is 5.21 Å². The van der Waals surface area contributed by atoms with Gasteiger partial charge >= 0.3 is 0 Å². The summed E-state index contributed by atoms with van der Waals surface area (Å²) in [6, 6.07) is 6.55. The Morgan fingerprint density at radius 3 is 2.62 bits per heavy atom. The Morgan fingerprint density at radius 1 is 1.29 bits per heavy atom. The number of benzene rings is 1. The number of carbonyl (C=O) groups excluding carboxylic acids is 1. The van der Waals surface area contributed by atoms with E-state index in [0.717, 1.165) is 6.08 Å². The maximum absolute atomic E-state index is 12.7. The highest BCUT2D eigenvalue weighted by atomic mass is 32.2. The van der Waals surface area contributed by atoms with Crippen molar-refractivity contribution in [3.05, 3.63) is 35.9 Å². The molecular weight excluding hydrogens is 292 g/mol. The molecule has 1 aliphatic heterocycles. The number of rotatable bonds is 4. The summed E-state index contributed by atoms with van der Waals surface area (Å²) in [5.74, 6) is -0.705. The number of hydrogen-bond donors (Lipinski definition) is 3. The van der Waals surface area contributed by atoms with E-state index in [2.05, 4.69) is 5.32 Å². The van der Waals surface area contributed by atoms with Gasteiger partial charge in [0.25, 0.3) is 5.91 Å². The zero-order chi connectivity index (χ0) is 15.3. The van der Waals surface area contributed by atoms with E-state index in [1.807, 2.05) is 0 Å². The summed E-state index contributed by atoms with van der Waals surface area (Å²) in [5.41, 5.74) is 1.92. The van der Waals surface area contributed by atoms with Crippen molar-refractivity contribution in [3.8, 4) is 0 Å². The lowest BCUT2D eigenvalue weighted by molar-refractivity contribution is -0.124. The van der Waals surface area contributed by atoms with Crippen LogP contribution >= 0.6 is 0 Å². The first-order valence-corrected chi connectivity index (χ1v) is 8.26. The molecule has 0 radical (unpaired) electrons. The van der Waals surface area contributed by atoms with Crippen LogP contribution in [0.1, 0.15) is 18.4 Å².